The molecule has 0 radical (unpaired) electrons. The van der Waals surface area contributed by atoms with Crippen LogP contribution in [0, 0.1) is 6.92 Å². The van der Waals surface area contributed by atoms with Crippen molar-refractivity contribution in [3.63, 3.8) is 0 Å². The van der Waals surface area contributed by atoms with E-state index in [-0.39, 0.29) is 29.9 Å². The van der Waals surface area contributed by atoms with Crippen LogP contribution in [-0.4, -0.2) is 51.9 Å². The van der Waals surface area contributed by atoms with Crippen molar-refractivity contribution < 1.29 is 14.3 Å². The SMILES string of the molecule is COc1ccc(CCC(=O)N2[C@@H]3CC[C@H]2CC(NC(=O)c2cnc(C)cn2)C3)cc1. The number of fused-ring (bicyclic) bond motifs is 2. The van der Waals surface area contributed by atoms with E-state index in [0.29, 0.717) is 12.1 Å². The predicted octanol–water partition coefficient (Wildman–Crippen LogP) is 2.68. The Bertz CT molecular complexity index is 884. The Labute approximate surface area is 176 Å². The number of carbonyl (C=O) groups excluding carboxylic acids is 2. The fourth-order valence-corrected chi connectivity index (χ4v) is 4.64. The number of ether oxygens (including phenoxy) is 1. The van der Waals surface area contributed by atoms with Gasteiger partial charge in [-0.1, -0.05) is 12.1 Å². The molecule has 4 rings (SSSR count). The number of hydrogen-bond acceptors (Lipinski definition) is 5. The summed E-state index contributed by atoms with van der Waals surface area (Å²) in [5.74, 6) is 0.850. The third-order valence-electron chi connectivity index (χ3n) is 6.16. The maximum atomic E-state index is 12.9. The second-order valence-corrected chi connectivity index (χ2v) is 8.22. The summed E-state index contributed by atoms with van der Waals surface area (Å²) in [4.78, 5) is 35.8. The maximum Gasteiger partial charge on any atom is 0.271 e. The number of nitrogens with one attached hydrogen (secondary N) is 1. The molecule has 2 aromatic rings. The molecule has 2 saturated heterocycles. The molecule has 158 valence electrons. The van der Waals surface area contributed by atoms with Gasteiger partial charge in [-0.15, -0.1) is 0 Å². The Morgan fingerprint density at radius 1 is 1.10 bits per heavy atom. The summed E-state index contributed by atoms with van der Waals surface area (Å²) in [5.41, 5.74) is 2.26. The number of carbonyl (C=O) groups is 2. The molecule has 2 bridgehead atoms. The molecule has 0 saturated carbocycles. The number of rotatable bonds is 6. The zero-order valence-electron chi connectivity index (χ0n) is 17.5. The summed E-state index contributed by atoms with van der Waals surface area (Å²) in [6, 6.07) is 8.37. The highest BCUT2D eigenvalue weighted by molar-refractivity contribution is 5.92. The van der Waals surface area contributed by atoms with Crippen molar-refractivity contribution in [1.82, 2.24) is 20.2 Å². The van der Waals surface area contributed by atoms with Crippen LogP contribution in [0.5, 0.6) is 5.75 Å². The topological polar surface area (TPSA) is 84.4 Å². The van der Waals surface area contributed by atoms with Gasteiger partial charge < -0.3 is 15.0 Å². The average molecular weight is 409 g/mol. The molecule has 30 heavy (non-hydrogen) atoms. The molecule has 2 fully saturated rings. The molecular weight excluding hydrogens is 380 g/mol. The van der Waals surface area contributed by atoms with Crippen LogP contribution in [0.3, 0.4) is 0 Å². The summed E-state index contributed by atoms with van der Waals surface area (Å²) in [6.07, 6.45) is 7.97. The normalized spacial score (nSPS) is 22.6. The first-order chi connectivity index (χ1) is 14.5. The van der Waals surface area contributed by atoms with Gasteiger partial charge in [0.25, 0.3) is 5.91 Å². The second-order valence-electron chi connectivity index (χ2n) is 8.22. The molecule has 3 atom stereocenters. The number of hydrogen-bond donors (Lipinski definition) is 1. The van der Waals surface area contributed by atoms with Gasteiger partial charge in [0, 0.05) is 30.7 Å². The Balaban J connectivity index is 1.31. The van der Waals surface area contributed by atoms with Crippen molar-refractivity contribution in [1.29, 1.82) is 0 Å². The summed E-state index contributed by atoms with van der Waals surface area (Å²) < 4.78 is 5.18. The van der Waals surface area contributed by atoms with Gasteiger partial charge in [0.05, 0.1) is 19.0 Å². The van der Waals surface area contributed by atoms with Crippen molar-refractivity contribution in [3.05, 3.63) is 53.6 Å². The molecule has 0 aliphatic carbocycles. The van der Waals surface area contributed by atoms with Gasteiger partial charge in [0.1, 0.15) is 11.4 Å². The molecule has 1 aromatic carbocycles. The largest absolute Gasteiger partial charge is 0.497 e. The van der Waals surface area contributed by atoms with Crippen molar-refractivity contribution in [2.45, 2.75) is 63.6 Å². The van der Waals surface area contributed by atoms with Crippen LogP contribution < -0.4 is 10.1 Å². The monoisotopic (exact) mass is 408 g/mol. The molecule has 1 aromatic heterocycles. The van der Waals surface area contributed by atoms with Crippen LogP contribution >= 0.6 is 0 Å². The molecule has 2 aliphatic rings. The van der Waals surface area contributed by atoms with E-state index in [1.807, 2.05) is 31.2 Å². The molecule has 2 amide bonds. The molecule has 3 heterocycles. The van der Waals surface area contributed by atoms with E-state index in [2.05, 4.69) is 20.2 Å². The van der Waals surface area contributed by atoms with Gasteiger partial charge in [-0.25, -0.2) is 4.98 Å². The lowest BCUT2D eigenvalue weighted by Crippen LogP contribution is -2.52. The van der Waals surface area contributed by atoms with Crippen LogP contribution in [0.4, 0.5) is 0 Å². The van der Waals surface area contributed by atoms with E-state index in [0.717, 1.165) is 49.1 Å². The smallest absolute Gasteiger partial charge is 0.271 e. The van der Waals surface area contributed by atoms with E-state index in [1.165, 1.54) is 6.20 Å². The van der Waals surface area contributed by atoms with Crippen molar-refractivity contribution in [2.75, 3.05) is 7.11 Å². The Kier molecular flexibility index (Phi) is 5.97. The van der Waals surface area contributed by atoms with Crippen LogP contribution in [0.15, 0.2) is 36.7 Å². The van der Waals surface area contributed by atoms with Crippen LogP contribution in [0.2, 0.25) is 0 Å². The first-order valence-corrected chi connectivity index (χ1v) is 10.6. The molecule has 1 N–H and O–H groups in total. The predicted molar refractivity (Wildman–Crippen MR) is 112 cm³/mol. The highest BCUT2D eigenvalue weighted by Gasteiger charge is 2.43. The second kappa shape index (κ2) is 8.81. The quantitative estimate of drug-likeness (QED) is 0.794. The minimum atomic E-state index is -0.189. The standard InChI is InChI=1S/C23H28N4O3/c1-15-13-25-21(14-24-15)23(29)26-17-11-18-6-7-19(12-17)27(18)22(28)10-5-16-3-8-20(30-2)9-4-16/h3-4,8-9,13-14,17-19H,5-7,10-12H2,1-2H3,(H,26,29)/t17?,18-,19+. The first-order valence-electron chi connectivity index (χ1n) is 10.6. The molecule has 7 nitrogen and oxygen atoms in total. The van der Waals surface area contributed by atoms with Gasteiger partial charge in [-0.3, -0.25) is 14.6 Å². The van der Waals surface area contributed by atoms with Gasteiger partial charge >= 0.3 is 0 Å². The summed E-state index contributed by atoms with van der Waals surface area (Å²) in [6.45, 7) is 1.84. The Morgan fingerprint density at radius 3 is 2.40 bits per heavy atom. The molecule has 2 aliphatic heterocycles. The Morgan fingerprint density at radius 2 is 1.80 bits per heavy atom. The van der Waals surface area contributed by atoms with Crippen LogP contribution in [-0.2, 0) is 11.2 Å². The summed E-state index contributed by atoms with van der Waals surface area (Å²) in [5, 5.41) is 3.09. The maximum absolute atomic E-state index is 12.9. The first kappa shape index (κ1) is 20.3. The number of amides is 2. The lowest BCUT2D eigenvalue weighted by Gasteiger charge is -2.39. The van der Waals surface area contributed by atoms with Crippen molar-refractivity contribution >= 4 is 11.8 Å². The van der Waals surface area contributed by atoms with E-state index in [4.69, 9.17) is 4.74 Å². The lowest BCUT2D eigenvalue weighted by atomic mass is 9.96. The van der Waals surface area contributed by atoms with Crippen molar-refractivity contribution in [2.24, 2.45) is 0 Å². The zero-order valence-corrected chi connectivity index (χ0v) is 17.5. The molecule has 1 unspecified atom stereocenters. The van der Waals surface area contributed by atoms with E-state index < -0.39 is 0 Å². The molecule has 0 spiro atoms. The summed E-state index contributed by atoms with van der Waals surface area (Å²) in [7, 11) is 1.65. The number of nitrogens with zero attached hydrogens (tertiary/aromatic N) is 3. The number of piperidine rings is 1. The Hall–Kier alpha value is -2.96. The summed E-state index contributed by atoms with van der Waals surface area (Å²) >= 11 is 0. The highest BCUT2D eigenvalue weighted by atomic mass is 16.5. The third kappa shape index (κ3) is 4.45. The van der Waals surface area contributed by atoms with E-state index in [1.54, 1.807) is 13.3 Å². The number of benzene rings is 1. The van der Waals surface area contributed by atoms with Gasteiger partial charge in [-0.05, 0) is 56.7 Å². The van der Waals surface area contributed by atoms with Crippen LogP contribution in [0.1, 0.15) is 53.8 Å². The minimum Gasteiger partial charge on any atom is -0.497 e. The molecule has 7 heteroatoms. The van der Waals surface area contributed by atoms with Gasteiger partial charge in [-0.2, -0.15) is 0 Å². The third-order valence-corrected chi connectivity index (χ3v) is 6.16. The van der Waals surface area contributed by atoms with Crippen molar-refractivity contribution in [3.8, 4) is 5.75 Å². The number of aryl methyl sites for hydroxylation is 2. The van der Waals surface area contributed by atoms with E-state index >= 15 is 0 Å². The number of aromatic nitrogens is 2. The fraction of sp³-hybridized carbons (Fsp3) is 0.478. The lowest BCUT2D eigenvalue weighted by molar-refractivity contribution is -0.135. The molecular formula is C23H28N4O3. The zero-order chi connectivity index (χ0) is 21.1. The van der Waals surface area contributed by atoms with Crippen LogP contribution in [0.25, 0.3) is 0 Å². The fourth-order valence-electron chi connectivity index (χ4n) is 4.64. The average Bonchev–Trinajstić information content (AvgIpc) is 3.03. The number of methoxy groups -OCH3 is 1. The highest BCUT2D eigenvalue weighted by Crippen LogP contribution is 2.36. The van der Waals surface area contributed by atoms with E-state index in [9.17, 15) is 9.59 Å². The van der Waals surface area contributed by atoms with Gasteiger partial charge in [0.2, 0.25) is 5.91 Å². The minimum absolute atomic E-state index is 0.0729. The van der Waals surface area contributed by atoms with Gasteiger partial charge in [0.15, 0.2) is 0 Å².